The van der Waals surface area contributed by atoms with Gasteiger partial charge in [-0.25, -0.2) is 0 Å². The fraction of sp³-hybridized carbons (Fsp3) is 0.625. The highest BCUT2D eigenvalue weighted by Crippen LogP contribution is 2.18. The van der Waals surface area contributed by atoms with E-state index in [0.717, 1.165) is 17.8 Å². The number of rotatable bonds is 8. The van der Waals surface area contributed by atoms with Crippen molar-refractivity contribution in [3.05, 3.63) is 23.5 Å². The van der Waals surface area contributed by atoms with Gasteiger partial charge in [-0.05, 0) is 45.4 Å². The lowest BCUT2D eigenvalue weighted by Gasteiger charge is -2.17. The number of nitrogens with one attached hydrogen (secondary N) is 2. The zero-order chi connectivity index (χ0) is 15.8. The highest BCUT2D eigenvalue weighted by atomic mass is 16.5. The second kappa shape index (κ2) is 8.62. The van der Waals surface area contributed by atoms with E-state index in [1.165, 1.54) is 0 Å². The van der Waals surface area contributed by atoms with Gasteiger partial charge in [0.1, 0.15) is 5.75 Å². The summed E-state index contributed by atoms with van der Waals surface area (Å²) in [5.41, 5.74) is 1.75. The van der Waals surface area contributed by atoms with Crippen molar-refractivity contribution < 1.29 is 9.53 Å². The second-order valence-electron chi connectivity index (χ2n) is 5.66. The maximum absolute atomic E-state index is 12.0. The third-order valence-electron chi connectivity index (χ3n) is 3.11. The molecule has 0 fully saturated rings. The van der Waals surface area contributed by atoms with Crippen LogP contribution in [0.5, 0.6) is 5.75 Å². The Labute approximate surface area is 127 Å². The van der Waals surface area contributed by atoms with E-state index in [0.29, 0.717) is 24.8 Å². The molecule has 0 aliphatic heterocycles. The molecular formula is C16H27N3O2. The fourth-order valence-electron chi connectivity index (χ4n) is 1.87. The molecule has 5 heteroatoms. The SMILES string of the molecule is CNCc1nc(C)ccc1OC(C)C(=O)NCCC(C)C. The number of hydrogen-bond donors (Lipinski definition) is 2. The summed E-state index contributed by atoms with van der Waals surface area (Å²) in [4.78, 5) is 16.4. The summed E-state index contributed by atoms with van der Waals surface area (Å²) in [6.45, 7) is 9.25. The van der Waals surface area contributed by atoms with Gasteiger partial charge in [-0.2, -0.15) is 0 Å². The van der Waals surface area contributed by atoms with Crippen molar-refractivity contribution in [2.24, 2.45) is 5.92 Å². The molecule has 0 aliphatic carbocycles. The topological polar surface area (TPSA) is 63.3 Å². The van der Waals surface area contributed by atoms with Crippen molar-refractivity contribution in [2.45, 2.75) is 46.8 Å². The smallest absolute Gasteiger partial charge is 0.260 e. The lowest BCUT2D eigenvalue weighted by Crippen LogP contribution is -2.37. The van der Waals surface area contributed by atoms with Gasteiger partial charge in [0, 0.05) is 18.8 Å². The first-order chi connectivity index (χ1) is 9.93. The van der Waals surface area contributed by atoms with Crippen LogP contribution >= 0.6 is 0 Å². The predicted molar refractivity (Wildman–Crippen MR) is 84.3 cm³/mol. The van der Waals surface area contributed by atoms with Crippen LogP contribution in [0.4, 0.5) is 0 Å². The minimum absolute atomic E-state index is 0.0911. The molecule has 118 valence electrons. The van der Waals surface area contributed by atoms with E-state index < -0.39 is 6.10 Å². The minimum Gasteiger partial charge on any atom is -0.479 e. The van der Waals surface area contributed by atoms with Gasteiger partial charge in [0.25, 0.3) is 5.91 Å². The summed E-state index contributed by atoms with van der Waals surface area (Å²) in [6.07, 6.45) is 0.438. The maximum Gasteiger partial charge on any atom is 0.260 e. The van der Waals surface area contributed by atoms with Crippen LogP contribution in [0.25, 0.3) is 0 Å². The van der Waals surface area contributed by atoms with Crippen molar-refractivity contribution in [2.75, 3.05) is 13.6 Å². The third-order valence-corrected chi connectivity index (χ3v) is 3.11. The molecule has 1 amide bonds. The van der Waals surface area contributed by atoms with Gasteiger partial charge in [0.15, 0.2) is 6.10 Å². The Kier molecular flexibility index (Phi) is 7.15. The molecule has 0 bridgehead atoms. The average Bonchev–Trinajstić information content (AvgIpc) is 2.41. The summed E-state index contributed by atoms with van der Waals surface area (Å²) in [7, 11) is 1.86. The number of aryl methyl sites for hydroxylation is 1. The minimum atomic E-state index is -0.530. The van der Waals surface area contributed by atoms with Gasteiger partial charge in [-0.3, -0.25) is 9.78 Å². The molecule has 0 aromatic carbocycles. The van der Waals surface area contributed by atoms with Gasteiger partial charge < -0.3 is 15.4 Å². The first-order valence-electron chi connectivity index (χ1n) is 7.49. The molecule has 1 aromatic rings. The Morgan fingerprint density at radius 1 is 1.33 bits per heavy atom. The molecule has 0 aliphatic rings. The van der Waals surface area contributed by atoms with E-state index >= 15 is 0 Å². The van der Waals surface area contributed by atoms with Crippen LogP contribution in [0, 0.1) is 12.8 Å². The molecule has 2 N–H and O–H groups in total. The van der Waals surface area contributed by atoms with E-state index in [2.05, 4.69) is 29.5 Å². The van der Waals surface area contributed by atoms with Crippen LogP contribution in [-0.2, 0) is 11.3 Å². The average molecular weight is 293 g/mol. The summed E-state index contributed by atoms with van der Waals surface area (Å²) in [6, 6.07) is 3.75. The highest BCUT2D eigenvalue weighted by Gasteiger charge is 2.16. The lowest BCUT2D eigenvalue weighted by molar-refractivity contribution is -0.127. The second-order valence-corrected chi connectivity index (χ2v) is 5.66. The number of nitrogens with zero attached hydrogens (tertiary/aromatic N) is 1. The van der Waals surface area contributed by atoms with E-state index in [4.69, 9.17) is 4.74 Å². The maximum atomic E-state index is 12.0. The van der Waals surface area contributed by atoms with Crippen molar-refractivity contribution in [1.82, 2.24) is 15.6 Å². The van der Waals surface area contributed by atoms with Gasteiger partial charge >= 0.3 is 0 Å². The normalized spacial score (nSPS) is 12.3. The number of amides is 1. The molecule has 5 nitrogen and oxygen atoms in total. The quantitative estimate of drug-likeness (QED) is 0.770. The van der Waals surface area contributed by atoms with Crippen LogP contribution < -0.4 is 15.4 Å². The number of ether oxygens (including phenoxy) is 1. The first-order valence-corrected chi connectivity index (χ1v) is 7.49. The first kappa shape index (κ1) is 17.4. The monoisotopic (exact) mass is 293 g/mol. The van der Waals surface area contributed by atoms with Crippen LogP contribution in [0.3, 0.4) is 0 Å². The Morgan fingerprint density at radius 2 is 2.05 bits per heavy atom. The highest BCUT2D eigenvalue weighted by molar-refractivity contribution is 5.80. The van der Waals surface area contributed by atoms with Crippen LogP contribution in [0.1, 0.15) is 38.6 Å². The summed E-state index contributed by atoms with van der Waals surface area (Å²) in [5, 5.41) is 5.95. The Hall–Kier alpha value is -1.62. The van der Waals surface area contributed by atoms with Crippen LogP contribution in [0.15, 0.2) is 12.1 Å². The zero-order valence-corrected chi connectivity index (χ0v) is 13.7. The van der Waals surface area contributed by atoms with Crippen molar-refractivity contribution in [1.29, 1.82) is 0 Å². The molecule has 0 spiro atoms. The number of carbonyl (C=O) groups excluding carboxylic acids is 1. The zero-order valence-electron chi connectivity index (χ0n) is 13.7. The van der Waals surface area contributed by atoms with Crippen LogP contribution in [0.2, 0.25) is 0 Å². The van der Waals surface area contributed by atoms with Gasteiger partial charge in [0.05, 0.1) is 5.69 Å². The summed E-state index contributed by atoms with van der Waals surface area (Å²) in [5.74, 6) is 1.14. The van der Waals surface area contributed by atoms with Crippen LogP contribution in [-0.4, -0.2) is 30.6 Å². The van der Waals surface area contributed by atoms with E-state index in [1.54, 1.807) is 6.92 Å². The molecule has 0 radical (unpaired) electrons. The molecule has 1 rings (SSSR count). The molecule has 1 aromatic heterocycles. The van der Waals surface area contributed by atoms with Crippen molar-refractivity contribution >= 4 is 5.91 Å². The molecule has 0 saturated carbocycles. The Balaban J connectivity index is 2.61. The van der Waals surface area contributed by atoms with Crippen molar-refractivity contribution in [3.63, 3.8) is 0 Å². The molecule has 21 heavy (non-hydrogen) atoms. The Bertz CT molecular complexity index is 461. The summed E-state index contributed by atoms with van der Waals surface area (Å²) < 4.78 is 5.76. The number of hydrogen-bond acceptors (Lipinski definition) is 4. The largest absolute Gasteiger partial charge is 0.479 e. The van der Waals surface area contributed by atoms with Gasteiger partial charge in [-0.1, -0.05) is 13.8 Å². The van der Waals surface area contributed by atoms with E-state index in [1.807, 2.05) is 26.1 Å². The molecular weight excluding hydrogens is 266 g/mol. The standard InChI is InChI=1S/C16H27N3O2/c1-11(2)8-9-18-16(20)13(4)21-15-7-6-12(3)19-14(15)10-17-5/h6-7,11,13,17H,8-10H2,1-5H3,(H,18,20). The lowest BCUT2D eigenvalue weighted by atomic mass is 10.1. The molecule has 1 unspecified atom stereocenters. The van der Waals surface area contributed by atoms with Gasteiger partial charge in [0.2, 0.25) is 0 Å². The van der Waals surface area contributed by atoms with Crippen molar-refractivity contribution in [3.8, 4) is 5.75 Å². The molecule has 0 saturated heterocycles. The molecule has 1 heterocycles. The number of carbonyl (C=O) groups is 1. The summed E-state index contributed by atoms with van der Waals surface area (Å²) >= 11 is 0. The third kappa shape index (κ3) is 6.12. The Morgan fingerprint density at radius 3 is 2.67 bits per heavy atom. The van der Waals surface area contributed by atoms with E-state index in [9.17, 15) is 4.79 Å². The molecule has 1 atom stereocenters. The number of aromatic nitrogens is 1. The predicted octanol–water partition coefficient (Wildman–Crippen LogP) is 2.04. The van der Waals surface area contributed by atoms with Gasteiger partial charge in [-0.15, -0.1) is 0 Å². The fourth-order valence-corrected chi connectivity index (χ4v) is 1.87. The number of pyridine rings is 1. The van der Waals surface area contributed by atoms with E-state index in [-0.39, 0.29) is 5.91 Å².